The molecule has 4 aliphatic rings. The Hall–Kier alpha value is -4.44. The van der Waals surface area contributed by atoms with Crippen LogP contribution in [-0.2, 0) is 25.6 Å². The molecule has 2 atom stereocenters. The van der Waals surface area contributed by atoms with Crippen LogP contribution in [0.1, 0.15) is 97.6 Å². The third kappa shape index (κ3) is 5.70. The fourth-order valence-electron chi connectivity index (χ4n) is 7.34. The molecule has 0 bridgehead atoms. The first-order valence-electron chi connectivity index (χ1n) is 16.6. The van der Waals surface area contributed by atoms with E-state index in [1.807, 2.05) is 22.7 Å². The maximum absolute atomic E-state index is 13.8. The third-order valence-corrected chi connectivity index (χ3v) is 9.86. The van der Waals surface area contributed by atoms with Crippen LogP contribution >= 0.6 is 0 Å². The van der Waals surface area contributed by atoms with Crippen LogP contribution in [0.5, 0.6) is 0 Å². The Balaban J connectivity index is 1.12. The summed E-state index contributed by atoms with van der Waals surface area (Å²) in [4.78, 5) is 38.9. The van der Waals surface area contributed by atoms with Gasteiger partial charge in [0.2, 0.25) is 5.91 Å². The summed E-state index contributed by atoms with van der Waals surface area (Å²) in [6.07, 6.45) is 19.4. The summed E-state index contributed by atoms with van der Waals surface area (Å²) >= 11 is 0. The number of imidazole rings is 1. The Kier molecular flexibility index (Phi) is 8.38. The van der Waals surface area contributed by atoms with E-state index >= 15 is 0 Å². The van der Waals surface area contributed by atoms with Crippen molar-refractivity contribution in [3.8, 4) is 0 Å². The minimum Gasteiger partial charge on any atom is -0.463 e. The maximum atomic E-state index is 13.8. The van der Waals surface area contributed by atoms with E-state index in [4.69, 9.17) is 14.6 Å². The summed E-state index contributed by atoms with van der Waals surface area (Å²) in [6.45, 7) is 3.35. The van der Waals surface area contributed by atoms with Gasteiger partial charge in [-0.25, -0.2) is 9.31 Å². The molecule has 3 aromatic rings. The summed E-state index contributed by atoms with van der Waals surface area (Å²) < 4.78 is 15.5. The average Bonchev–Trinajstić information content (AvgIpc) is 3.55. The Labute approximate surface area is 268 Å². The standard InChI is InChI=1S/C36H41N5O5/c1-2-45-31(42)18-15-24-13-16-26(17-14-24)37-35(44)36(19-8-20-36)38-34(43)28-23-30-40-21-22-46-29-12-7-6-11-27(29)33(40)32(41(30)39-28)25-9-4-3-5-10-25/h6-7,11-18,23,25,27,29H,2-5,8-10,19-22H2,1H3,(H,37,44)(H,38,43)/b18-15+. The second kappa shape index (κ2) is 12.7. The molecular formula is C36H41N5O5. The van der Waals surface area contributed by atoms with Gasteiger partial charge in [-0.1, -0.05) is 55.7 Å². The highest BCUT2D eigenvalue weighted by molar-refractivity contribution is 6.04. The van der Waals surface area contributed by atoms with Crippen LogP contribution in [0.15, 0.2) is 60.7 Å². The predicted octanol–water partition coefficient (Wildman–Crippen LogP) is 5.66. The van der Waals surface area contributed by atoms with Crippen LogP contribution in [0.3, 0.4) is 0 Å². The van der Waals surface area contributed by atoms with Crippen molar-refractivity contribution in [3.63, 3.8) is 0 Å². The van der Waals surface area contributed by atoms with Crippen molar-refractivity contribution in [3.05, 3.63) is 83.4 Å². The highest BCUT2D eigenvalue weighted by Crippen LogP contribution is 2.42. The number of rotatable bonds is 8. The summed E-state index contributed by atoms with van der Waals surface area (Å²) in [5.74, 6) is -0.512. The number of benzene rings is 1. The zero-order chi connectivity index (χ0) is 31.7. The van der Waals surface area contributed by atoms with E-state index in [-0.39, 0.29) is 23.8 Å². The topological polar surface area (TPSA) is 116 Å². The van der Waals surface area contributed by atoms with Gasteiger partial charge in [0, 0.05) is 36.2 Å². The molecule has 1 aliphatic heterocycles. The van der Waals surface area contributed by atoms with Gasteiger partial charge in [-0.15, -0.1) is 0 Å². The number of aromatic nitrogens is 3. The second-order valence-corrected chi connectivity index (χ2v) is 12.7. The first kappa shape index (κ1) is 30.2. The fourth-order valence-corrected chi connectivity index (χ4v) is 7.34. The molecule has 0 spiro atoms. The van der Waals surface area contributed by atoms with E-state index in [9.17, 15) is 14.4 Å². The molecule has 2 aromatic heterocycles. The SMILES string of the molecule is CCOC(=O)/C=C/c1ccc(NC(=O)C2(NC(=O)c3cc4n5c(c(C6CCCCC6)n4n3)C3C=CC=CC3OCC5)CCC2)cc1. The summed E-state index contributed by atoms with van der Waals surface area (Å²) in [7, 11) is 0. The van der Waals surface area contributed by atoms with Crippen molar-refractivity contribution < 1.29 is 23.9 Å². The van der Waals surface area contributed by atoms with Crippen molar-refractivity contribution in [1.82, 2.24) is 19.5 Å². The fraction of sp³-hybridized carbons (Fsp3) is 0.444. The van der Waals surface area contributed by atoms with Crippen molar-refractivity contribution >= 4 is 35.2 Å². The number of nitrogens with one attached hydrogen (secondary N) is 2. The molecule has 2 unspecified atom stereocenters. The summed E-state index contributed by atoms with van der Waals surface area (Å²) in [5.41, 5.74) is 4.09. The number of hydrogen-bond acceptors (Lipinski definition) is 6. The molecule has 2 fully saturated rings. The van der Waals surface area contributed by atoms with E-state index in [2.05, 4.69) is 39.5 Å². The number of amides is 2. The smallest absolute Gasteiger partial charge is 0.330 e. The molecule has 0 saturated heterocycles. The van der Waals surface area contributed by atoms with Crippen LogP contribution in [-0.4, -0.2) is 56.8 Å². The minimum atomic E-state index is -0.996. The second-order valence-electron chi connectivity index (χ2n) is 12.7. The van der Waals surface area contributed by atoms with Crippen molar-refractivity contribution in [2.75, 3.05) is 18.5 Å². The number of nitrogens with zero attached hydrogens (tertiary/aromatic N) is 3. The van der Waals surface area contributed by atoms with Crippen molar-refractivity contribution in [2.24, 2.45) is 0 Å². The van der Waals surface area contributed by atoms with Crippen LogP contribution in [0.25, 0.3) is 11.7 Å². The number of esters is 1. The lowest BCUT2D eigenvalue weighted by atomic mass is 9.75. The minimum absolute atomic E-state index is 0.00906. The molecule has 3 heterocycles. The molecule has 2 N–H and O–H groups in total. The van der Waals surface area contributed by atoms with Gasteiger partial charge < -0.3 is 24.7 Å². The largest absolute Gasteiger partial charge is 0.463 e. The summed E-state index contributed by atoms with van der Waals surface area (Å²) in [6, 6.07) is 9.05. The Morgan fingerprint density at radius 2 is 1.83 bits per heavy atom. The van der Waals surface area contributed by atoms with Gasteiger partial charge in [0.05, 0.1) is 30.7 Å². The molecule has 3 aliphatic carbocycles. The number of hydrogen-bond donors (Lipinski definition) is 2. The number of allylic oxidation sites excluding steroid dienone is 2. The molecule has 1 aromatic carbocycles. The average molecular weight is 624 g/mol. The number of carbonyl (C=O) groups excluding carboxylic acids is 3. The van der Waals surface area contributed by atoms with Gasteiger partial charge in [0.15, 0.2) is 5.69 Å². The van der Waals surface area contributed by atoms with Crippen LogP contribution in [0.2, 0.25) is 0 Å². The molecule has 46 heavy (non-hydrogen) atoms. The van der Waals surface area contributed by atoms with Crippen LogP contribution in [0, 0.1) is 0 Å². The monoisotopic (exact) mass is 623 g/mol. The summed E-state index contributed by atoms with van der Waals surface area (Å²) in [5, 5.41) is 11.0. The van der Waals surface area contributed by atoms with E-state index in [0.717, 1.165) is 30.5 Å². The van der Waals surface area contributed by atoms with Gasteiger partial charge in [-0.3, -0.25) is 9.59 Å². The normalized spacial score (nSPS) is 22.1. The highest BCUT2D eigenvalue weighted by Gasteiger charge is 2.46. The predicted molar refractivity (Wildman–Crippen MR) is 175 cm³/mol. The number of anilines is 1. The Morgan fingerprint density at radius 1 is 1.04 bits per heavy atom. The van der Waals surface area contributed by atoms with E-state index in [0.29, 0.717) is 49.9 Å². The molecular weight excluding hydrogens is 582 g/mol. The van der Waals surface area contributed by atoms with Crippen LogP contribution < -0.4 is 10.6 Å². The number of carbonyl (C=O) groups is 3. The highest BCUT2D eigenvalue weighted by atomic mass is 16.5. The third-order valence-electron chi connectivity index (χ3n) is 9.86. The first-order chi connectivity index (χ1) is 22.5. The van der Waals surface area contributed by atoms with Gasteiger partial charge in [0.25, 0.3) is 5.91 Å². The number of ether oxygens (including phenoxy) is 2. The quantitative estimate of drug-likeness (QED) is 0.247. The lowest BCUT2D eigenvalue weighted by Gasteiger charge is -2.40. The molecule has 0 radical (unpaired) electrons. The molecule has 7 rings (SSSR count). The van der Waals surface area contributed by atoms with Gasteiger partial charge in [-0.2, -0.15) is 5.10 Å². The van der Waals surface area contributed by atoms with E-state index in [1.165, 1.54) is 36.7 Å². The molecule has 10 heteroatoms. The van der Waals surface area contributed by atoms with Crippen molar-refractivity contribution in [2.45, 2.75) is 88.3 Å². The van der Waals surface area contributed by atoms with Crippen LogP contribution in [0.4, 0.5) is 5.69 Å². The first-order valence-corrected chi connectivity index (χ1v) is 16.6. The van der Waals surface area contributed by atoms with E-state index < -0.39 is 11.5 Å². The Morgan fingerprint density at radius 3 is 2.57 bits per heavy atom. The van der Waals surface area contributed by atoms with Gasteiger partial charge in [0.1, 0.15) is 11.2 Å². The molecule has 2 amide bonds. The lowest BCUT2D eigenvalue weighted by Crippen LogP contribution is -2.61. The lowest BCUT2D eigenvalue weighted by molar-refractivity contribution is -0.137. The van der Waals surface area contributed by atoms with Gasteiger partial charge >= 0.3 is 5.97 Å². The van der Waals surface area contributed by atoms with E-state index in [1.54, 1.807) is 25.1 Å². The Bertz CT molecular complexity index is 1720. The zero-order valence-electron chi connectivity index (χ0n) is 26.2. The van der Waals surface area contributed by atoms with Crippen molar-refractivity contribution in [1.29, 1.82) is 0 Å². The van der Waals surface area contributed by atoms with Gasteiger partial charge in [-0.05, 0) is 62.8 Å². The molecule has 240 valence electrons. The maximum Gasteiger partial charge on any atom is 0.330 e. The molecule has 2 saturated carbocycles. The zero-order valence-corrected chi connectivity index (χ0v) is 26.2. The molecule has 10 nitrogen and oxygen atoms in total. The number of fused-ring (bicyclic) bond motifs is 5.